The standard InChI is InChI=1S/C11H17NO5/c1-6(2)12-8(4-5-9(12)13)11(16)17-7(3)10(14)15/h6-8H,4-5H2,1-3H3,(H,14,15)/t7?,8-/m0/s1. The fraction of sp³-hybridized carbons (Fsp3) is 0.727. The van der Waals surface area contributed by atoms with Gasteiger partial charge in [0.1, 0.15) is 6.04 Å². The maximum atomic E-state index is 11.7. The summed E-state index contributed by atoms with van der Waals surface area (Å²) < 4.78 is 4.79. The van der Waals surface area contributed by atoms with E-state index in [2.05, 4.69) is 0 Å². The largest absolute Gasteiger partial charge is 0.479 e. The number of rotatable bonds is 4. The molecule has 0 bridgehead atoms. The Morgan fingerprint density at radius 3 is 2.47 bits per heavy atom. The molecule has 96 valence electrons. The molecule has 1 unspecified atom stereocenters. The van der Waals surface area contributed by atoms with E-state index in [0.717, 1.165) is 0 Å². The second-order valence-electron chi connectivity index (χ2n) is 4.37. The molecule has 0 spiro atoms. The molecular weight excluding hydrogens is 226 g/mol. The molecule has 17 heavy (non-hydrogen) atoms. The molecule has 0 aromatic heterocycles. The topological polar surface area (TPSA) is 83.9 Å². The molecule has 0 saturated carbocycles. The lowest BCUT2D eigenvalue weighted by Gasteiger charge is -2.27. The number of aliphatic carboxylic acids is 1. The first-order valence-corrected chi connectivity index (χ1v) is 5.59. The normalized spacial score (nSPS) is 21.8. The Bertz CT molecular complexity index is 339. The van der Waals surface area contributed by atoms with Crippen LogP contribution in [0.1, 0.15) is 33.6 Å². The number of carbonyl (C=O) groups is 3. The van der Waals surface area contributed by atoms with Gasteiger partial charge in [0.25, 0.3) is 0 Å². The van der Waals surface area contributed by atoms with Gasteiger partial charge in [-0.15, -0.1) is 0 Å². The summed E-state index contributed by atoms with van der Waals surface area (Å²) in [5.41, 5.74) is 0. The minimum absolute atomic E-state index is 0.0927. The molecule has 1 amide bonds. The second-order valence-corrected chi connectivity index (χ2v) is 4.37. The van der Waals surface area contributed by atoms with Crippen LogP contribution in [0.25, 0.3) is 0 Å². The summed E-state index contributed by atoms with van der Waals surface area (Å²) in [6, 6.07) is -0.744. The van der Waals surface area contributed by atoms with Gasteiger partial charge in [-0.25, -0.2) is 9.59 Å². The number of hydrogen-bond acceptors (Lipinski definition) is 4. The Labute approximate surface area is 99.5 Å². The third-order valence-corrected chi connectivity index (χ3v) is 2.72. The Morgan fingerprint density at radius 2 is 2.00 bits per heavy atom. The molecule has 6 nitrogen and oxygen atoms in total. The van der Waals surface area contributed by atoms with Crippen LogP contribution in [0, 0.1) is 0 Å². The number of ether oxygens (including phenoxy) is 1. The zero-order valence-corrected chi connectivity index (χ0v) is 10.2. The lowest BCUT2D eigenvalue weighted by Crippen LogP contribution is -2.45. The van der Waals surface area contributed by atoms with Crippen LogP contribution in [0.4, 0.5) is 0 Å². The van der Waals surface area contributed by atoms with E-state index in [-0.39, 0.29) is 11.9 Å². The van der Waals surface area contributed by atoms with Crippen molar-refractivity contribution in [1.82, 2.24) is 4.90 Å². The van der Waals surface area contributed by atoms with E-state index in [0.29, 0.717) is 12.8 Å². The number of amides is 1. The maximum Gasteiger partial charge on any atom is 0.344 e. The van der Waals surface area contributed by atoms with E-state index < -0.39 is 24.1 Å². The Hall–Kier alpha value is -1.59. The summed E-state index contributed by atoms with van der Waals surface area (Å²) in [7, 11) is 0. The van der Waals surface area contributed by atoms with E-state index in [4.69, 9.17) is 9.84 Å². The third kappa shape index (κ3) is 2.95. The predicted octanol–water partition coefficient (Wildman–Crippen LogP) is 0.402. The highest BCUT2D eigenvalue weighted by molar-refractivity contribution is 5.89. The van der Waals surface area contributed by atoms with Crippen molar-refractivity contribution in [1.29, 1.82) is 0 Å². The average molecular weight is 243 g/mol. The molecule has 1 N–H and O–H groups in total. The van der Waals surface area contributed by atoms with Crippen LogP contribution in [-0.4, -0.2) is 46.0 Å². The highest BCUT2D eigenvalue weighted by atomic mass is 16.6. The maximum absolute atomic E-state index is 11.7. The zero-order chi connectivity index (χ0) is 13.2. The van der Waals surface area contributed by atoms with Crippen molar-refractivity contribution in [2.45, 2.75) is 51.8 Å². The van der Waals surface area contributed by atoms with Crippen LogP contribution in [0.5, 0.6) is 0 Å². The number of carbonyl (C=O) groups excluding carboxylic acids is 2. The van der Waals surface area contributed by atoms with Gasteiger partial charge in [0.05, 0.1) is 0 Å². The molecule has 6 heteroatoms. The van der Waals surface area contributed by atoms with Gasteiger partial charge in [0, 0.05) is 12.5 Å². The molecule has 1 aliphatic rings. The minimum Gasteiger partial charge on any atom is -0.479 e. The monoisotopic (exact) mass is 243 g/mol. The molecule has 1 saturated heterocycles. The Balaban J connectivity index is 2.69. The number of carboxylic acid groups (broad SMARTS) is 1. The Kier molecular flexibility index (Phi) is 4.09. The van der Waals surface area contributed by atoms with E-state index in [1.54, 1.807) is 0 Å². The van der Waals surface area contributed by atoms with Crippen LogP contribution < -0.4 is 0 Å². The third-order valence-electron chi connectivity index (χ3n) is 2.72. The zero-order valence-electron chi connectivity index (χ0n) is 10.2. The smallest absolute Gasteiger partial charge is 0.344 e. The fourth-order valence-electron chi connectivity index (χ4n) is 1.88. The summed E-state index contributed by atoms with van der Waals surface area (Å²) in [6.45, 7) is 4.91. The van der Waals surface area contributed by atoms with Gasteiger partial charge >= 0.3 is 11.9 Å². The number of esters is 1. The van der Waals surface area contributed by atoms with Crippen molar-refractivity contribution < 1.29 is 24.2 Å². The molecule has 0 aromatic carbocycles. The van der Waals surface area contributed by atoms with Gasteiger partial charge in [0.15, 0.2) is 6.10 Å². The van der Waals surface area contributed by atoms with Gasteiger partial charge in [0.2, 0.25) is 5.91 Å². The number of hydrogen-bond donors (Lipinski definition) is 1. The predicted molar refractivity (Wildman–Crippen MR) is 58.2 cm³/mol. The van der Waals surface area contributed by atoms with Crippen molar-refractivity contribution in [3.8, 4) is 0 Å². The molecule has 0 radical (unpaired) electrons. The molecular formula is C11H17NO5. The summed E-state index contributed by atoms with van der Waals surface area (Å²) in [4.78, 5) is 35.3. The number of likely N-dealkylation sites (tertiary alicyclic amines) is 1. The molecule has 0 aromatic rings. The molecule has 1 heterocycles. The summed E-state index contributed by atoms with van der Waals surface area (Å²) in [6.07, 6.45) is -0.492. The van der Waals surface area contributed by atoms with Crippen LogP contribution in [0.15, 0.2) is 0 Å². The first kappa shape index (κ1) is 13.5. The molecule has 0 aliphatic carbocycles. The fourth-order valence-corrected chi connectivity index (χ4v) is 1.88. The summed E-state index contributed by atoms with van der Waals surface area (Å²) >= 11 is 0. The number of nitrogens with zero attached hydrogens (tertiary/aromatic N) is 1. The van der Waals surface area contributed by atoms with Crippen molar-refractivity contribution in [2.24, 2.45) is 0 Å². The first-order chi connectivity index (χ1) is 7.84. The van der Waals surface area contributed by atoms with Gasteiger partial charge in [-0.05, 0) is 27.2 Å². The van der Waals surface area contributed by atoms with Crippen LogP contribution in [0.2, 0.25) is 0 Å². The second kappa shape index (κ2) is 5.16. The molecule has 2 atom stereocenters. The molecule has 1 aliphatic heterocycles. The van der Waals surface area contributed by atoms with Crippen molar-refractivity contribution in [2.75, 3.05) is 0 Å². The minimum atomic E-state index is -1.20. The van der Waals surface area contributed by atoms with Gasteiger partial charge in [-0.2, -0.15) is 0 Å². The van der Waals surface area contributed by atoms with Gasteiger partial charge in [-0.3, -0.25) is 4.79 Å². The molecule has 1 rings (SSSR count). The SMILES string of the molecule is CC(OC(=O)[C@@H]1CCC(=O)N1C(C)C)C(=O)O. The molecule has 1 fully saturated rings. The highest BCUT2D eigenvalue weighted by Gasteiger charge is 2.39. The first-order valence-electron chi connectivity index (χ1n) is 5.59. The Morgan fingerprint density at radius 1 is 1.41 bits per heavy atom. The van der Waals surface area contributed by atoms with Crippen LogP contribution in [-0.2, 0) is 19.1 Å². The average Bonchev–Trinajstić information content (AvgIpc) is 2.59. The highest BCUT2D eigenvalue weighted by Crippen LogP contribution is 2.22. The van der Waals surface area contributed by atoms with Crippen molar-refractivity contribution >= 4 is 17.8 Å². The number of carboxylic acids is 1. The van der Waals surface area contributed by atoms with Crippen molar-refractivity contribution in [3.63, 3.8) is 0 Å². The van der Waals surface area contributed by atoms with E-state index in [9.17, 15) is 14.4 Å². The summed E-state index contributed by atoms with van der Waals surface area (Å²) in [5, 5.41) is 8.64. The van der Waals surface area contributed by atoms with E-state index >= 15 is 0 Å². The quantitative estimate of drug-likeness (QED) is 0.722. The van der Waals surface area contributed by atoms with Crippen molar-refractivity contribution in [3.05, 3.63) is 0 Å². The lowest BCUT2D eigenvalue weighted by molar-refractivity contribution is -0.167. The van der Waals surface area contributed by atoms with E-state index in [1.807, 2.05) is 13.8 Å². The van der Waals surface area contributed by atoms with Gasteiger partial charge < -0.3 is 14.7 Å². The van der Waals surface area contributed by atoms with Crippen LogP contribution >= 0.6 is 0 Å². The van der Waals surface area contributed by atoms with Gasteiger partial charge in [-0.1, -0.05) is 0 Å². The van der Waals surface area contributed by atoms with Crippen LogP contribution in [0.3, 0.4) is 0 Å². The lowest BCUT2D eigenvalue weighted by atomic mass is 10.2. The van der Waals surface area contributed by atoms with E-state index in [1.165, 1.54) is 11.8 Å². The summed E-state index contributed by atoms with van der Waals surface area (Å²) in [5.74, 6) is -1.93.